The summed E-state index contributed by atoms with van der Waals surface area (Å²) >= 11 is 9.34. The summed E-state index contributed by atoms with van der Waals surface area (Å²) in [7, 11) is 0. The van der Waals surface area contributed by atoms with Crippen molar-refractivity contribution in [2.45, 2.75) is 31.5 Å². The molecule has 0 radical (unpaired) electrons. The Morgan fingerprint density at radius 1 is 1.37 bits per heavy atom. The monoisotopic (exact) mass is 346 g/mol. The van der Waals surface area contributed by atoms with E-state index in [0.29, 0.717) is 9.76 Å². The molecule has 4 atom stereocenters. The molecule has 2 heterocycles. The standard InChI is InChI=1S/C12H12BrClN2O3/c1-5-9(17)10(18)11(19-5)16-8-4-6(14)2-3-7(8)15-12(16)13/h2-5,9-11,17-18H,1H3/t5-,9-,10-,11-/m1/s1. The summed E-state index contributed by atoms with van der Waals surface area (Å²) in [6.07, 6.45) is -3.07. The van der Waals surface area contributed by atoms with Crippen LogP contribution in [0.15, 0.2) is 22.9 Å². The third kappa shape index (κ3) is 2.08. The molecule has 1 saturated heterocycles. The van der Waals surface area contributed by atoms with Gasteiger partial charge in [0, 0.05) is 5.02 Å². The highest BCUT2D eigenvalue weighted by Crippen LogP contribution is 2.35. The molecule has 1 aliphatic rings. The van der Waals surface area contributed by atoms with Crippen LogP contribution in [0.25, 0.3) is 11.0 Å². The van der Waals surface area contributed by atoms with Crippen molar-refractivity contribution in [2.24, 2.45) is 0 Å². The van der Waals surface area contributed by atoms with E-state index in [1.165, 1.54) is 0 Å². The van der Waals surface area contributed by atoms with Crippen LogP contribution in [-0.2, 0) is 4.74 Å². The number of fused-ring (bicyclic) bond motifs is 1. The van der Waals surface area contributed by atoms with Gasteiger partial charge < -0.3 is 14.9 Å². The molecule has 0 spiro atoms. The quantitative estimate of drug-likeness (QED) is 0.829. The average Bonchev–Trinajstić information content (AvgIpc) is 2.80. The van der Waals surface area contributed by atoms with Gasteiger partial charge in [0.05, 0.1) is 17.1 Å². The van der Waals surface area contributed by atoms with E-state index in [9.17, 15) is 10.2 Å². The molecular formula is C12H12BrClN2O3. The Labute approximate surface area is 122 Å². The summed E-state index contributed by atoms with van der Waals surface area (Å²) in [5, 5.41) is 20.4. The maximum atomic E-state index is 10.1. The maximum absolute atomic E-state index is 10.1. The largest absolute Gasteiger partial charge is 0.388 e. The zero-order chi connectivity index (χ0) is 13.7. The molecule has 1 aromatic heterocycles. The third-order valence-electron chi connectivity index (χ3n) is 3.34. The van der Waals surface area contributed by atoms with Gasteiger partial charge >= 0.3 is 0 Å². The highest BCUT2D eigenvalue weighted by molar-refractivity contribution is 9.10. The number of rotatable bonds is 1. The van der Waals surface area contributed by atoms with Crippen LogP contribution >= 0.6 is 27.5 Å². The van der Waals surface area contributed by atoms with Crippen molar-refractivity contribution in [3.05, 3.63) is 28.0 Å². The highest BCUT2D eigenvalue weighted by atomic mass is 79.9. The number of nitrogens with zero attached hydrogens (tertiary/aromatic N) is 2. The number of hydrogen-bond acceptors (Lipinski definition) is 4. The minimum atomic E-state index is -1.01. The summed E-state index contributed by atoms with van der Waals surface area (Å²) < 4.78 is 7.83. The Kier molecular flexibility index (Phi) is 3.31. The fourth-order valence-corrected chi connectivity index (χ4v) is 3.07. The van der Waals surface area contributed by atoms with Crippen LogP contribution in [0.2, 0.25) is 5.02 Å². The SMILES string of the molecule is C[C@H]1O[C@@H](n2c(Br)nc3ccc(Cl)cc32)[C@H](O)[C@@H]1O. The second kappa shape index (κ2) is 4.71. The van der Waals surface area contributed by atoms with Crippen LogP contribution in [-0.4, -0.2) is 38.1 Å². The Balaban J connectivity index is 2.15. The lowest BCUT2D eigenvalue weighted by Gasteiger charge is -2.18. The lowest BCUT2D eigenvalue weighted by Crippen LogP contribution is -2.30. The molecule has 0 unspecified atom stereocenters. The molecular weight excluding hydrogens is 336 g/mol. The smallest absolute Gasteiger partial charge is 0.180 e. The first-order valence-electron chi connectivity index (χ1n) is 5.83. The van der Waals surface area contributed by atoms with Gasteiger partial charge in [-0.2, -0.15) is 0 Å². The fraction of sp³-hybridized carbons (Fsp3) is 0.417. The molecule has 102 valence electrons. The normalized spacial score (nSPS) is 31.2. The van der Waals surface area contributed by atoms with Gasteiger partial charge in [-0.3, -0.25) is 4.57 Å². The van der Waals surface area contributed by atoms with Crippen LogP contribution in [0, 0.1) is 0 Å². The van der Waals surface area contributed by atoms with Crippen LogP contribution in [0.5, 0.6) is 0 Å². The molecule has 1 aliphatic heterocycles. The van der Waals surface area contributed by atoms with Crippen molar-refractivity contribution >= 4 is 38.6 Å². The van der Waals surface area contributed by atoms with Gasteiger partial charge in [-0.1, -0.05) is 11.6 Å². The van der Waals surface area contributed by atoms with Crippen LogP contribution < -0.4 is 0 Å². The summed E-state index contributed by atoms with van der Waals surface area (Å²) in [4.78, 5) is 4.33. The molecule has 1 fully saturated rings. The Morgan fingerprint density at radius 3 is 2.74 bits per heavy atom. The predicted molar refractivity (Wildman–Crippen MR) is 74.0 cm³/mol. The van der Waals surface area contributed by atoms with Crippen molar-refractivity contribution in [3.8, 4) is 0 Å². The van der Waals surface area contributed by atoms with Crippen LogP contribution in [0.3, 0.4) is 0 Å². The van der Waals surface area contributed by atoms with E-state index >= 15 is 0 Å². The third-order valence-corrected chi connectivity index (χ3v) is 4.13. The summed E-state index contributed by atoms with van der Waals surface area (Å²) in [6.45, 7) is 1.72. The number of aliphatic hydroxyl groups is 2. The second-order valence-electron chi connectivity index (χ2n) is 4.60. The molecule has 0 aliphatic carbocycles. The molecule has 19 heavy (non-hydrogen) atoms. The predicted octanol–water partition coefficient (Wildman–Crippen LogP) is 2.09. The average molecular weight is 348 g/mol. The van der Waals surface area contributed by atoms with Gasteiger partial charge in [0.25, 0.3) is 0 Å². The Bertz CT molecular complexity index is 633. The van der Waals surface area contributed by atoms with Crippen molar-refractivity contribution in [1.29, 1.82) is 0 Å². The fourth-order valence-electron chi connectivity index (χ4n) is 2.32. The summed E-state index contributed by atoms with van der Waals surface area (Å²) in [5.74, 6) is 0. The number of benzene rings is 1. The summed E-state index contributed by atoms with van der Waals surface area (Å²) in [6, 6.07) is 5.29. The van der Waals surface area contributed by atoms with Crippen molar-refractivity contribution < 1.29 is 14.9 Å². The molecule has 2 aromatic rings. The zero-order valence-electron chi connectivity index (χ0n) is 9.99. The number of aliphatic hydroxyl groups excluding tert-OH is 2. The van der Waals surface area contributed by atoms with Gasteiger partial charge in [0.1, 0.15) is 12.2 Å². The van der Waals surface area contributed by atoms with Crippen LogP contribution in [0.1, 0.15) is 13.2 Å². The van der Waals surface area contributed by atoms with Crippen molar-refractivity contribution in [1.82, 2.24) is 9.55 Å². The van der Waals surface area contributed by atoms with Crippen molar-refractivity contribution in [3.63, 3.8) is 0 Å². The molecule has 0 saturated carbocycles. The van der Waals surface area contributed by atoms with Crippen molar-refractivity contribution in [2.75, 3.05) is 0 Å². The van der Waals surface area contributed by atoms with E-state index in [-0.39, 0.29) is 0 Å². The second-order valence-corrected chi connectivity index (χ2v) is 5.74. The number of hydrogen-bond donors (Lipinski definition) is 2. The number of imidazole rings is 1. The molecule has 0 bridgehead atoms. The number of ether oxygens (including phenoxy) is 1. The zero-order valence-corrected chi connectivity index (χ0v) is 12.3. The molecule has 0 amide bonds. The summed E-state index contributed by atoms with van der Waals surface area (Å²) in [5.41, 5.74) is 1.48. The first kappa shape index (κ1) is 13.3. The lowest BCUT2D eigenvalue weighted by atomic mass is 10.1. The van der Waals surface area contributed by atoms with Crippen LogP contribution in [0.4, 0.5) is 0 Å². The van der Waals surface area contributed by atoms with Gasteiger partial charge in [-0.05, 0) is 41.1 Å². The van der Waals surface area contributed by atoms with Gasteiger partial charge in [-0.25, -0.2) is 4.98 Å². The topological polar surface area (TPSA) is 67.5 Å². The van der Waals surface area contributed by atoms with Gasteiger partial charge in [-0.15, -0.1) is 0 Å². The van der Waals surface area contributed by atoms with E-state index in [1.54, 1.807) is 29.7 Å². The number of halogens is 2. The van der Waals surface area contributed by atoms with E-state index < -0.39 is 24.5 Å². The number of aromatic nitrogens is 2. The minimum Gasteiger partial charge on any atom is -0.388 e. The minimum absolute atomic E-state index is 0.441. The first-order chi connectivity index (χ1) is 8.99. The molecule has 3 rings (SSSR count). The molecule has 2 N–H and O–H groups in total. The van der Waals surface area contributed by atoms with E-state index in [1.807, 2.05) is 0 Å². The Morgan fingerprint density at radius 2 is 2.11 bits per heavy atom. The maximum Gasteiger partial charge on any atom is 0.180 e. The highest BCUT2D eigenvalue weighted by Gasteiger charge is 2.42. The van der Waals surface area contributed by atoms with Gasteiger partial charge in [0.15, 0.2) is 11.0 Å². The van der Waals surface area contributed by atoms with E-state index in [4.69, 9.17) is 16.3 Å². The van der Waals surface area contributed by atoms with E-state index in [0.717, 1.165) is 11.0 Å². The molecule has 7 heteroatoms. The van der Waals surface area contributed by atoms with E-state index in [2.05, 4.69) is 20.9 Å². The first-order valence-corrected chi connectivity index (χ1v) is 7.00. The molecule has 5 nitrogen and oxygen atoms in total. The Hall–Kier alpha value is -0.660. The van der Waals surface area contributed by atoms with Gasteiger partial charge in [0.2, 0.25) is 0 Å². The molecule has 1 aromatic carbocycles. The lowest BCUT2D eigenvalue weighted by molar-refractivity contribution is -0.0309.